The summed E-state index contributed by atoms with van der Waals surface area (Å²) in [4.78, 5) is 30.3. The number of nitrogens with zero attached hydrogens (tertiary/aromatic N) is 2. The lowest BCUT2D eigenvalue weighted by Gasteiger charge is -2.16. The predicted octanol–water partition coefficient (Wildman–Crippen LogP) is 2.48. The molecule has 0 saturated carbocycles. The highest BCUT2D eigenvalue weighted by molar-refractivity contribution is 7.98. The van der Waals surface area contributed by atoms with Crippen LogP contribution in [-0.2, 0) is 21.9 Å². The van der Waals surface area contributed by atoms with Crippen LogP contribution in [0, 0.1) is 5.92 Å². The molecule has 1 N–H and O–H groups in total. The van der Waals surface area contributed by atoms with E-state index < -0.39 is 0 Å². The van der Waals surface area contributed by atoms with Gasteiger partial charge in [-0.05, 0) is 17.2 Å². The molecule has 26 heavy (non-hydrogen) atoms. The van der Waals surface area contributed by atoms with Crippen LogP contribution in [0.3, 0.4) is 0 Å². The Balaban J connectivity index is 1.36. The molecule has 3 rings (SSSR count). The maximum absolute atomic E-state index is 12.3. The molecule has 1 aromatic heterocycles. The monoisotopic (exact) mass is 369 g/mol. The molecule has 1 atom stereocenters. The van der Waals surface area contributed by atoms with Gasteiger partial charge in [0.05, 0.1) is 5.92 Å². The number of hydrogen-bond acceptors (Lipinski definition) is 4. The van der Waals surface area contributed by atoms with E-state index in [4.69, 9.17) is 0 Å². The zero-order valence-corrected chi connectivity index (χ0v) is 15.5. The summed E-state index contributed by atoms with van der Waals surface area (Å²) in [6.07, 6.45) is 3.76. The summed E-state index contributed by atoms with van der Waals surface area (Å²) >= 11 is 1.79. The number of nitrogens with one attached hydrogen (secondary N) is 1. The van der Waals surface area contributed by atoms with Crippen molar-refractivity contribution in [2.45, 2.75) is 18.7 Å². The number of rotatable bonds is 8. The van der Waals surface area contributed by atoms with E-state index in [1.165, 1.54) is 5.56 Å². The average molecular weight is 369 g/mol. The van der Waals surface area contributed by atoms with Gasteiger partial charge in [-0.2, -0.15) is 11.8 Å². The fourth-order valence-corrected chi connectivity index (χ4v) is 3.79. The highest BCUT2D eigenvalue weighted by Gasteiger charge is 2.33. The van der Waals surface area contributed by atoms with Crippen molar-refractivity contribution in [2.24, 2.45) is 5.92 Å². The number of pyridine rings is 1. The van der Waals surface area contributed by atoms with E-state index in [2.05, 4.69) is 22.4 Å². The van der Waals surface area contributed by atoms with Crippen molar-refractivity contribution < 1.29 is 9.59 Å². The number of hydrogen-bond donors (Lipinski definition) is 1. The Morgan fingerprint density at radius 2 is 2.00 bits per heavy atom. The Hall–Kier alpha value is -2.34. The molecular formula is C20H23N3O2S. The molecule has 1 aliphatic rings. The van der Waals surface area contributed by atoms with Crippen molar-refractivity contribution in [1.82, 2.24) is 15.2 Å². The van der Waals surface area contributed by atoms with Gasteiger partial charge in [0.15, 0.2) is 0 Å². The van der Waals surface area contributed by atoms with Gasteiger partial charge in [-0.1, -0.05) is 36.4 Å². The number of thioether (sulfide) groups is 1. The van der Waals surface area contributed by atoms with E-state index in [0.29, 0.717) is 26.1 Å². The Kier molecular flexibility index (Phi) is 6.66. The first-order chi connectivity index (χ1) is 12.7. The largest absolute Gasteiger partial charge is 0.355 e. The number of likely N-dealkylation sites (tertiary alicyclic amines) is 1. The molecule has 2 amide bonds. The molecule has 5 nitrogen and oxygen atoms in total. The van der Waals surface area contributed by atoms with Gasteiger partial charge in [-0.3, -0.25) is 14.6 Å². The molecule has 1 saturated heterocycles. The standard InChI is InChI=1S/C20H23N3O2S/c24-19-11-18(14-23(19)13-17-7-4-8-21-12-17)20(25)22-9-10-26-15-16-5-2-1-3-6-16/h1-8,12,18H,9-11,13-15H2,(H,22,25)/t18-/m1/s1. The third-order valence-corrected chi connectivity index (χ3v) is 5.37. The highest BCUT2D eigenvalue weighted by Crippen LogP contribution is 2.20. The van der Waals surface area contributed by atoms with Gasteiger partial charge in [-0.15, -0.1) is 0 Å². The summed E-state index contributed by atoms with van der Waals surface area (Å²) in [5.41, 5.74) is 2.27. The van der Waals surface area contributed by atoms with Gasteiger partial charge in [0.2, 0.25) is 11.8 Å². The Morgan fingerprint density at radius 1 is 1.19 bits per heavy atom. The second-order valence-electron chi connectivity index (χ2n) is 6.37. The second-order valence-corrected chi connectivity index (χ2v) is 7.47. The number of carbonyl (C=O) groups is 2. The van der Waals surface area contributed by atoms with E-state index in [-0.39, 0.29) is 17.7 Å². The molecule has 0 bridgehead atoms. The molecule has 2 heterocycles. The van der Waals surface area contributed by atoms with Crippen molar-refractivity contribution in [3.05, 3.63) is 66.0 Å². The summed E-state index contributed by atoms with van der Waals surface area (Å²) < 4.78 is 0. The van der Waals surface area contributed by atoms with Crippen LogP contribution in [0.2, 0.25) is 0 Å². The smallest absolute Gasteiger partial charge is 0.225 e. The van der Waals surface area contributed by atoms with Crippen LogP contribution in [0.5, 0.6) is 0 Å². The first-order valence-corrected chi connectivity index (χ1v) is 9.94. The third-order valence-electron chi connectivity index (χ3n) is 4.34. The van der Waals surface area contributed by atoms with Crippen LogP contribution in [-0.4, -0.2) is 40.5 Å². The summed E-state index contributed by atoms with van der Waals surface area (Å²) in [5.74, 6) is 1.57. The fraction of sp³-hybridized carbons (Fsp3) is 0.350. The molecule has 1 aromatic carbocycles. The summed E-state index contributed by atoms with van der Waals surface area (Å²) in [6, 6.07) is 14.1. The average Bonchev–Trinajstić information content (AvgIpc) is 3.03. The fourth-order valence-electron chi connectivity index (χ4n) is 2.97. The predicted molar refractivity (Wildman–Crippen MR) is 103 cm³/mol. The zero-order chi connectivity index (χ0) is 18.2. The van der Waals surface area contributed by atoms with Crippen LogP contribution in [0.4, 0.5) is 0 Å². The van der Waals surface area contributed by atoms with Crippen molar-refractivity contribution >= 4 is 23.6 Å². The summed E-state index contributed by atoms with van der Waals surface area (Å²) in [5, 5.41) is 2.96. The van der Waals surface area contributed by atoms with Crippen LogP contribution in [0.25, 0.3) is 0 Å². The molecule has 6 heteroatoms. The molecule has 136 valence electrons. The minimum absolute atomic E-state index is 0.0210. The van der Waals surface area contributed by atoms with E-state index in [0.717, 1.165) is 17.1 Å². The summed E-state index contributed by atoms with van der Waals surface area (Å²) in [6.45, 7) is 1.63. The highest BCUT2D eigenvalue weighted by atomic mass is 32.2. The van der Waals surface area contributed by atoms with Gasteiger partial charge in [0.25, 0.3) is 0 Å². The van der Waals surface area contributed by atoms with Crippen molar-refractivity contribution in [2.75, 3.05) is 18.8 Å². The maximum Gasteiger partial charge on any atom is 0.225 e. The molecule has 2 aromatic rings. The van der Waals surface area contributed by atoms with Crippen LogP contribution >= 0.6 is 11.8 Å². The van der Waals surface area contributed by atoms with Crippen molar-refractivity contribution in [1.29, 1.82) is 0 Å². The maximum atomic E-state index is 12.3. The SMILES string of the molecule is O=C(NCCSCc1ccccc1)[C@@H]1CC(=O)N(Cc2cccnc2)C1. The molecule has 1 aliphatic heterocycles. The van der Waals surface area contributed by atoms with Crippen molar-refractivity contribution in [3.8, 4) is 0 Å². The van der Waals surface area contributed by atoms with E-state index >= 15 is 0 Å². The first kappa shape index (κ1) is 18.5. The van der Waals surface area contributed by atoms with Crippen LogP contribution in [0.1, 0.15) is 17.5 Å². The lowest BCUT2D eigenvalue weighted by Crippen LogP contribution is -2.34. The minimum atomic E-state index is -0.252. The van der Waals surface area contributed by atoms with Crippen LogP contribution < -0.4 is 5.32 Å². The van der Waals surface area contributed by atoms with Crippen LogP contribution in [0.15, 0.2) is 54.9 Å². The zero-order valence-electron chi connectivity index (χ0n) is 14.6. The van der Waals surface area contributed by atoms with Gasteiger partial charge in [-0.25, -0.2) is 0 Å². The second kappa shape index (κ2) is 9.38. The molecule has 0 aliphatic carbocycles. The van der Waals surface area contributed by atoms with Crippen molar-refractivity contribution in [3.63, 3.8) is 0 Å². The molecule has 1 fully saturated rings. The molecule has 0 unspecified atom stereocenters. The Morgan fingerprint density at radius 3 is 2.77 bits per heavy atom. The summed E-state index contributed by atoms with van der Waals surface area (Å²) in [7, 11) is 0. The number of amides is 2. The molecule has 0 radical (unpaired) electrons. The quantitative estimate of drug-likeness (QED) is 0.726. The van der Waals surface area contributed by atoms with E-state index in [9.17, 15) is 9.59 Å². The number of aromatic nitrogens is 1. The molecular weight excluding hydrogens is 346 g/mol. The number of carbonyl (C=O) groups excluding carboxylic acids is 2. The van der Waals surface area contributed by atoms with Gasteiger partial charge < -0.3 is 10.2 Å². The lowest BCUT2D eigenvalue weighted by molar-refractivity contribution is -0.129. The van der Waals surface area contributed by atoms with E-state index in [1.54, 1.807) is 29.1 Å². The Labute approximate surface area is 158 Å². The van der Waals surface area contributed by atoms with Gasteiger partial charge in [0.1, 0.15) is 0 Å². The normalized spacial score (nSPS) is 16.7. The number of benzene rings is 1. The van der Waals surface area contributed by atoms with Gasteiger partial charge >= 0.3 is 0 Å². The minimum Gasteiger partial charge on any atom is -0.355 e. The topological polar surface area (TPSA) is 62.3 Å². The first-order valence-electron chi connectivity index (χ1n) is 8.78. The Bertz CT molecular complexity index is 724. The third kappa shape index (κ3) is 5.33. The van der Waals surface area contributed by atoms with Gasteiger partial charge in [0, 0.05) is 50.0 Å². The molecule has 0 spiro atoms. The lowest BCUT2D eigenvalue weighted by atomic mass is 10.1. The van der Waals surface area contributed by atoms with E-state index in [1.807, 2.05) is 30.3 Å².